The summed E-state index contributed by atoms with van der Waals surface area (Å²) >= 11 is 6.32. The molecule has 0 aromatic heterocycles. The van der Waals surface area contributed by atoms with Crippen molar-refractivity contribution < 1.29 is 19.1 Å². The summed E-state index contributed by atoms with van der Waals surface area (Å²) in [7, 11) is 0. The summed E-state index contributed by atoms with van der Waals surface area (Å²) in [5.74, 6) is 0.138. The average molecular weight is 472 g/mol. The summed E-state index contributed by atoms with van der Waals surface area (Å²) in [4.78, 5) is 41.1. The van der Waals surface area contributed by atoms with Crippen LogP contribution in [0.5, 0.6) is 5.75 Å². The maximum Gasteiger partial charge on any atom is 0.260 e. The predicted octanol–water partition coefficient (Wildman–Crippen LogP) is 4.08. The molecule has 1 aliphatic heterocycles. The van der Waals surface area contributed by atoms with E-state index in [0.29, 0.717) is 61.0 Å². The number of benzene rings is 2. The van der Waals surface area contributed by atoms with Gasteiger partial charge in [-0.25, -0.2) is 0 Å². The quantitative estimate of drug-likeness (QED) is 0.629. The van der Waals surface area contributed by atoms with Gasteiger partial charge in [-0.2, -0.15) is 0 Å². The highest BCUT2D eigenvalue weighted by atomic mass is 35.5. The lowest BCUT2D eigenvalue weighted by Gasteiger charge is -2.31. The zero-order valence-electron chi connectivity index (χ0n) is 19.1. The van der Waals surface area contributed by atoms with Gasteiger partial charge in [-0.3, -0.25) is 14.4 Å². The van der Waals surface area contributed by atoms with Crippen molar-refractivity contribution in [1.29, 1.82) is 0 Å². The summed E-state index contributed by atoms with van der Waals surface area (Å²) in [5, 5.41) is 3.20. The summed E-state index contributed by atoms with van der Waals surface area (Å²) in [6.07, 6.45) is 1.16. The second kappa shape index (κ2) is 11.7. The van der Waals surface area contributed by atoms with Gasteiger partial charge in [0.05, 0.1) is 10.6 Å². The van der Waals surface area contributed by atoms with E-state index in [1.807, 2.05) is 44.2 Å². The van der Waals surface area contributed by atoms with Crippen molar-refractivity contribution in [3.63, 3.8) is 0 Å². The number of rotatable bonds is 8. The van der Waals surface area contributed by atoms with Crippen molar-refractivity contribution >= 4 is 35.0 Å². The molecule has 0 saturated carbocycles. The Morgan fingerprint density at radius 3 is 2.33 bits per heavy atom. The Kier molecular flexibility index (Phi) is 8.72. The number of halogens is 1. The third-order valence-electron chi connectivity index (χ3n) is 5.84. The Morgan fingerprint density at radius 2 is 1.73 bits per heavy atom. The molecule has 7 nitrogen and oxygen atoms in total. The van der Waals surface area contributed by atoms with Crippen LogP contribution >= 0.6 is 11.6 Å². The largest absolute Gasteiger partial charge is 0.484 e. The van der Waals surface area contributed by atoms with Crippen LogP contribution in [0, 0.1) is 5.92 Å². The molecule has 3 amide bonds. The Hall–Kier alpha value is -3.06. The van der Waals surface area contributed by atoms with Gasteiger partial charge in [0.2, 0.25) is 5.91 Å². The number of anilines is 1. The molecule has 176 valence electrons. The summed E-state index contributed by atoms with van der Waals surface area (Å²) in [6.45, 7) is 6.03. The highest BCUT2D eigenvalue weighted by Gasteiger charge is 2.28. The number of para-hydroxylation sites is 1. The Balaban J connectivity index is 1.49. The summed E-state index contributed by atoms with van der Waals surface area (Å²) < 4.78 is 5.53. The Labute approximate surface area is 199 Å². The molecule has 0 radical (unpaired) electrons. The van der Waals surface area contributed by atoms with E-state index < -0.39 is 0 Å². The van der Waals surface area contributed by atoms with Gasteiger partial charge in [0.15, 0.2) is 6.61 Å². The highest BCUT2D eigenvalue weighted by molar-refractivity contribution is 6.34. The molecule has 0 unspecified atom stereocenters. The zero-order valence-corrected chi connectivity index (χ0v) is 19.8. The minimum atomic E-state index is -0.195. The van der Waals surface area contributed by atoms with Gasteiger partial charge in [-0.05, 0) is 57.0 Å². The number of nitrogens with zero attached hydrogens (tertiary/aromatic N) is 2. The first-order valence-electron chi connectivity index (χ1n) is 11.3. The van der Waals surface area contributed by atoms with E-state index in [2.05, 4.69) is 5.32 Å². The van der Waals surface area contributed by atoms with Gasteiger partial charge in [-0.1, -0.05) is 29.8 Å². The van der Waals surface area contributed by atoms with Gasteiger partial charge < -0.3 is 19.9 Å². The lowest BCUT2D eigenvalue weighted by Crippen LogP contribution is -2.43. The van der Waals surface area contributed by atoms with E-state index in [9.17, 15) is 14.4 Å². The molecular weight excluding hydrogens is 442 g/mol. The van der Waals surface area contributed by atoms with Crippen LogP contribution in [0.1, 0.15) is 37.0 Å². The van der Waals surface area contributed by atoms with Crippen LogP contribution in [-0.2, 0) is 9.59 Å². The van der Waals surface area contributed by atoms with Crippen LogP contribution < -0.4 is 10.1 Å². The molecule has 1 heterocycles. The zero-order chi connectivity index (χ0) is 23.8. The monoisotopic (exact) mass is 471 g/mol. The topological polar surface area (TPSA) is 79.0 Å². The fourth-order valence-electron chi connectivity index (χ4n) is 3.84. The van der Waals surface area contributed by atoms with Crippen molar-refractivity contribution in [2.24, 2.45) is 5.92 Å². The van der Waals surface area contributed by atoms with Crippen molar-refractivity contribution in [2.45, 2.75) is 26.7 Å². The fourth-order valence-corrected chi connectivity index (χ4v) is 4.10. The third-order valence-corrected chi connectivity index (χ3v) is 6.15. The molecule has 0 spiro atoms. The number of nitrogens with one attached hydrogen (secondary N) is 1. The molecular formula is C25H30ClN3O4. The number of amides is 3. The van der Waals surface area contributed by atoms with Crippen LogP contribution in [-0.4, -0.2) is 60.3 Å². The number of likely N-dealkylation sites (tertiary alicyclic amines) is 1. The van der Waals surface area contributed by atoms with Crippen LogP contribution in [0.3, 0.4) is 0 Å². The van der Waals surface area contributed by atoms with Crippen LogP contribution in [0.4, 0.5) is 5.69 Å². The van der Waals surface area contributed by atoms with Crippen LogP contribution in [0.15, 0.2) is 48.5 Å². The Bertz CT molecular complexity index is 971. The molecule has 2 aromatic rings. The number of carbonyl (C=O) groups excluding carboxylic acids is 3. The number of hydrogen-bond acceptors (Lipinski definition) is 4. The predicted molar refractivity (Wildman–Crippen MR) is 129 cm³/mol. The minimum Gasteiger partial charge on any atom is -0.484 e. The van der Waals surface area contributed by atoms with Crippen molar-refractivity contribution in [3.05, 3.63) is 59.1 Å². The normalized spacial score (nSPS) is 14.0. The van der Waals surface area contributed by atoms with Crippen LogP contribution in [0.25, 0.3) is 0 Å². The molecule has 3 rings (SSSR count). The van der Waals surface area contributed by atoms with Crippen molar-refractivity contribution in [1.82, 2.24) is 9.80 Å². The third kappa shape index (κ3) is 6.48. The first-order chi connectivity index (χ1) is 15.9. The smallest absolute Gasteiger partial charge is 0.260 e. The molecule has 2 aromatic carbocycles. The van der Waals surface area contributed by atoms with Gasteiger partial charge in [0.1, 0.15) is 5.75 Å². The average Bonchev–Trinajstić information content (AvgIpc) is 2.84. The standard InChI is InChI=1S/C25H30ClN3O4/c1-3-28(4-2)25(32)21-11-10-19(16-22(21)26)27-24(31)18-12-14-29(15-13-18)23(30)17-33-20-8-6-5-7-9-20/h5-11,16,18H,3-4,12-15,17H2,1-2H3,(H,27,31). The summed E-state index contributed by atoms with van der Waals surface area (Å²) in [6, 6.07) is 14.2. The maximum atomic E-state index is 12.7. The second-order valence-corrected chi connectivity index (χ2v) is 8.33. The molecule has 1 aliphatic rings. The van der Waals surface area contributed by atoms with Crippen LogP contribution in [0.2, 0.25) is 5.02 Å². The molecule has 0 atom stereocenters. The van der Waals surface area contributed by atoms with Gasteiger partial charge in [0.25, 0.3) is 11.8 Å². The fraction of sp³-hybridized carbons (Fsp3) is 0.400. The maximum absolute atomic E-state index is 12.7. The molecule has 1 fully saturated rings. The molecule has 33 heavy (non-hydrogen) atoms. The number of ether oxygens (including phenoxy) is 1. The second-order valence-electron chi connectivity index (χ2n) is 7.92. The molecule has 1 N–H and O–H groups in total. The SMILES string of the molecule is CCN(CC)C(=O)c1ccc(NC(=O)C2CCN(C(=O)COc3ccccc3)CC2)cc1Cl. The minimum absolute atomic E-state index is 0.0159. The number of hydrogen-bond donors (Lipinski definition) is 1. The van der Waals surface area contributed by atoms with Gasteiger partial charge >= 0.3 is 0 Å². The summed E-state index contributed by atoms with van der Waals surface area (Å²) in [5.41, 5.74) is 0.971. The molecule has 1 saturated heterocycles. The number of carbonyl (C=O) groups is 3. The van der Waals surface area contributed by atoms with E-state index in [-0.39, 0.29) is 30.2 Å². The number of piperidine rings is 1. The lowest BCUT2D eigenvalue weighted by molar-refractivity contribution is -0.136. The molecule has 8 heteroatoms. The van der Waals surface area contributed by atoms with E-state index in [1.54, 1.807) is 28.0 Å². The van der Waals surface area contributed by atoms with Crippen molar-refractivity contribution in [2.75, 3.05) is 38.1 Å². The van der Waals surface area contributed by atoms with E-state index in [1.165, 1.54) is 0 Å². The van der Waals surface area contributed by atoms with E-state index in [0.717, 1.165) is 0 Å². The highest BCUT2D eigenvalue weighted by Crippen LogP contribution is 2.25. The van der Waals surface area contributed by atoms with Gasteiger partial charge in [-0.15, -0.1) is 0 Å². The molecule has 0 aliphatic carbocycles. The Morgan fingerprint density at radius 1 is 1.06 bits per heavy atom. The van der Waals surface area contributed by atoms with E-state index in [4.69, 9.17) is 16.3 Å². The first kappa shape index (κ1) is 24.6. The first-order valence-corrected chi connectivity index (χ1v) is 11.7. The molecule has 0 bridgehead atoms. The van der Waals surface area contributed by atoms with Crippen molar-refractivity contribution in [3.8, 4) is 5.75 Å². The van der Waals surface area contributed by atoms with Gasteiger partial charge in [0, 0.05) is 37.8 Å². The lowest BCUT2D eigenvalue weighted by atomic mass is 9.95. The van der Waals surface area contributed by atoms with E-state index >= 15 is 0 Å².